The van der Waals surface area contributed by atoms with Crippen LogP contribution in [0, 0.1) is 5.92 Å². The molecule has 0 amide bonds. The maximum atomic E-state index is 9.62. The number of hydrogen-bond donors (Lipinski definition) is 1. The number of aromatic nitrogens is 2. The van der Waals surface area contributed by atoms with E-state index in [1.807, 2.05) is 6.92 Å². The van der Waals surface area contributed by atoms with Crippen LogP contribution in [0.15, 0.2) is 12.4 Å². The average molecular weight is 242 g/mol. The van der Waals surface area contributed by atoms with Gasteiger partial charge in [0.25, 0.3) is 0 Å². The lowest BCUT2D eigenvalue weighted by atomic mass is 9.93. The van der Waals surface area contributed by atoms with E-state index in [0.29, 0.717) is 11.1 Å². The Kier molecular flexibility index (Phi) is 3.61. The Labute approximate surface area is 100 Å². The van der Waals surface area contributed by atoms with E-state index in [1.165, 1.54) is 0 Å². The first-order chi connectivity index (χ1) is 7.68. The summed E-state index contributed by atoms with van der Waals surface area (Å²) >= 11 is 6.01. The van der Waals surface area contributed by atoms with Crippen LogP contribution in [0.5, 0.6) is 0 Å². The summed E-state index contributed by atoms with van der Waals surface area (Å²) in [5.74, 6) is 1.03. The molecule has 1 N–H and O–H groups in total. The highest BCUT2D eigenvalue weighted by molar-refractivity contribution is 6.31. The van der Waals surface area contributed by atoms with Gasteiger partial charge in [0.2, 0.25) is 0 Å². The predicted octanol–water partition coefficient (Wildman–Crippen LogP) is 1.73. The van der Waals surface area contributed by atoms with Crippen molar-refractivity contribution < 1.29 is 5.11 Å². The van der Waals surface area contributed by atoms with Gasteiger partial charge < -0.3 is 10.0 Å². The van der Waals surface area contributed by atoms with Gasteiger partial charge in [-0.3, -0.25) is 0 Å². The number of rotatable bonds is 2. The predicted molar refractivity (Wildman–Crippen MR) is 63.7 cm³/mol. The van der Waals surface area contributed by atoms with Crippen molar-refractivity contribution in [2.45, 2.75) is 25.9 Å². The lowest BCUT2D eigenvalue weighted by Gasteiger charge is -2.34. The molecule has 0 radical (unpaired) electrons. The maximum absolute atomic E-state index is 9.62. The van der Waals surface area contributed by atoms with Crippen LogP contribution in [0.2, 0.25) is 5.15 Å². The minimum Gasteiger partial charge on any atom is -0.393 e. The fourth-order valence-electron chi connectivity index (χ4n) is 2.12. The van der Waals surface area contributed by atoms with E-state index >= 15 is 0 Å². The quantitative estimate of drug-likeness (QED) is 0.857. The third-order valence-corrected chi connectivity index (χ3v) is 3.34. The van der Waals surface area contributed by atoms with Crippen molar-refractivity contribution in [3.63, 3.8) is 0 Å². The van der Waals surface area contributed by atoms with Crippen LogP contribution in [0.1, 0.15) is 19.8 Å². The van der Waals surface area contributed by atoms with Crippen molar-refractivity contribution in [1.82, 2.24) is 9.97 Å². The summed E-state index contributed by atoms with van der Waals surface area (Å²) in [4.78, 5) is 10.4. The topological polar surface area (TPSA) is 49.2 Å². The normalized spacial score (nSPS) is 23.2. The van der Waals surface area contributed by atoms with E-state index in [1.54, 1.807) is 12.4 Å². The van der Waals surface area contributed by atoms with Gasteiger partial charge in [-0.25, -0.2) is 9.97 Å². The van der Waals surface area contributed by atoms with Gasteiger partial charge >= 0.3 is 0 Å². The molecule has 0 spiro atoms. The van der Waals surface area contributed by atoms with Gasteiger partial charge in [-0.2, -0.15) is 0 Å². The zero-order valence-electron chi connectivity index (χ0n) is 9.30. The molecule has 2 atom stereocenters. The SMILES string of the molecule is C[C@@H](O)[C@@H]1CCCN(c2nccnc2Cl)C1. The fourth-order valence-corrected chi connectivity index (χ4v) is 2.35. The Morgan fingerprint density at radius 3 is 2.94 bits per heavy atom. The summed E-state index contributed by atoms with van der Waals surface area (Å²) in [5.41, 5.74) is 0. The molecule has 1 fully saturated rings. The van der Waals surface area contributed by atoms with Crippen LogP contribution < -0.4 is 4.90 Å². The summed E-state index contributed by atoms with van der Waals surface area (Å²) in [6.45, 7) is 3.57. The minimum absolute atomic E-state index is 0.279. The van der Waals surface area contributed by atoms with Crippen LogP contribution in [-0.4, -0.2) is 34.3 Å². The molecule has 88 valence electrons. The summed E-state index contributed by atoms with van der Waals surface area (Å²) in [7, 11) is 0. The first kappa shape index (κ1) is 11.6. The van der Waals surface area contributed by atoms with Gasteiger partial charge in [-0.05, 0) is 19.8 Å². The van der Waals surface area contributed by atoms with Crippen molar-refractivity contribution in [3.8, 4) is 0 Å². The average Bonchev–Trinajstić information content (AvgIpc) is 2.30. The zero-order valence-corrected chi connectivity index (χ0v) is 10.1. The highest BCUT2D eigenvalue weighted by Gasteiger charge is 2.25. The van der Waals surface area contributed by atoms with E-state index in [-0.39, 0.29) is 6.10 Å². The number of piperidine rings is 1. The van der Waals surface area contributed by atoms with Gasteiger partial charge in [-0.1, -0.05) is 11.6 Å². The van der Waals surface area contributed by atoms with E-state index in [2.05, 4.69) is 14.9 Å². The number of hydrogen-bond acceptors (Lipinski definition) is 4. The number of nitrogens with zero attached hydrogens (tertiary/aromatic N) is 3. The highest BCUT2D eigenvalue weighted by atomic mass is 35.5. The van der Waals surface area contributed by atoms with Crippen molar-refractivity contribution >= 4 is 17.4 Å². The van der Waals surface area contributed by atoms with Crippen LogP contribution >= 0.6 is 11.6 Å². The van der Waals surface area contributed by atoms with E-state index in [9.17, 15) is 5.11 Å². The van der Waals surface area contributed by atoms with Crippen molar-refractivity contribution in [1.29, 1.82) is 0 Å². The third-order valence-electron chi connectivity index (χ3n) is 3.08. The van der Waals surface area contributed by atoms with Gasteiger partial charge in [0.05, 0.1) is 6.10 Å². The molecule has 0 unspecified atom stereocenters. The third kappa shape index (κ3) is 2.44. The molecule has 16 heavy (non-hydrogen) atoms. The fraction of sp³-hybridized carbons (Fsp3) is 0.636. The second-order valence-electron chi connectivity index (χ2n) is 4.26. The summed E-state index contributed by atoms with van der Waals surface area (Å²) in [5, 5.41) is 10.1. The smallest absolute Gasteiger partial charge is 0.171 e. The van der Waals surface area contributed by atoms with Gasteiger partial charge in [0.15, 0.2) is 11.0 Å². The molecule has 5 heteroatoms. The van der Waals surface area contributed by atoms with Gasteiger partial charge in [0.1, 0.15) is 0 Å². The molecule has 1 aromatic heterocycles. The highest BCUT2D eigenvalue weighted by Crippen LogP contribution is 2.27. The maximum Gasteiger partial charge on any atom is 0.171 e. The second kappa shape index (κ2) is 4.97. The molecule has 1 aliphatic heterocycles. The van der Waals surface area contributed by atoms with Gasteiger partial charge in [0, 0.05) is 31.4 Å². The molecule has 2 heterocycles. The number of aliphatic hydroxyl groups excluding tert-OH is 1. The Bertz CT molecular complexity index is 359. The number of aliphatic hydroxyl groups is 1. The van der Waals surface area contributed by atoms with Crippen molar-refractivity contribution in [2.24, 2.45) is 5.92 Å². The monoisotopic (exact) mass is 241 g/mol. The summed E-state index contributed by atoms with van der Waals surface area (Å²) in [6, 6.07) is 0. The molecular formula is C11H16ClN3O. The minimum atomic E-state index is -0.279. The van der Waals surface area contributed by atoms with Crippen LogP contribution in [0.4, 0.5) is 5.82 Å². The Morgan fingerprint density at radius 1 is 1.50 bits per heavy atom. The molecular weight excluding hydrogens is 226 g/mol. The van der Waals surface area contributed by atoms with Crippen molar-refractivity contribution in [2.75, 3.05) is 18.0 Å². The Balaban J connectivity index is 2.13. The molecule has 4 nitrogen and oxygen atoms in total. The Morgan fingerprint density at radius 2 is 2.25 bits per heavy atom. The first-order valence-electron chi connectivity index (χ1n) is 5.58. The molecule has 2 rings (SSSR count). The van der Waals surface area contributed by atoms with E-state index < -0.39 is 0 Å². The summed E-state index contributed by atoms with van der Waals surface area (Å²) < 4.78 is 0. The first-order valence-corrected chi connectivity index (χ1v) is 5.96. The van der Waals surface area contributed by atoms with Gasteiger partial charge in [-0.15, -0.1) is 0 Å². The number of halogens is 1. The molecule has 1 aromatic rings. The van der Waals surface area contributed by atoms with E-state index in [0.717, 1.165) is 31.7 Å². The van der Waals surface area contributed by atoms with Crippen LogP contribution in [-0.2, 0) is 0 Å². The molecule has 0 aliphatic carbocycles. The van der Waals surface area contributed by atoms with E-state index in [4.69, 9.17) is 11.6 Å². The second-order valence-corrected chi connectivity index (χ2v) is 4.62. The Hall–Kier alpha value is -0.870. The molecule has 1 saturated heterocycles. The van der Waals surface area contributed by atoms with Crippen molar-refractivity contribution in [3.05, 3.63) is 17.5 Å². The largest absolute Gasteiger partial charge is 0.393 e. The lowest BCUT2D eigenvalue weighted by molar-refractivity contribution is 0.115. The standard InChI is InChI=1S/C11H16ClN3O/c1-8(16)9-3-2-6-15(7-9)11-10(12)13-4-5-14-11/h4-5,8-9,16H,2-3,6-7H2,1H3/t8-,9-/m1/s1. The summed E-state index contributed by atoms with van der Waals surface area (Å²) in [6.07, 6.45) is 5.07. The number of anilines is 1. The van der Waals surface area contributed by atoms with Crippen LogP contribution in [0.3, 0.4) is 0 Å². The molecule has 0 saturated carbocycles. The molecule has 1 aliphatic rings. The zero-order chi connectivity index (χ0) is 11.5. The molecule has 0 aromatic carbocycles. The van der Waals surface area contributed by atoms with Crippen LogP contribution in [0.25, 0.3) is 0 Å². The lowest BCUT2D eigenvalue weighted by Crippen LogP contribution is -2.40. The molecule has 0 bridgehead atoms.